The number of benzene rings is 1. The van der Waals surface area contributed by atoms with Crippen LogP contribution in [0.2, 0.25) is 0 Å². The molecule has 0 unspecified atom stereocenters. The average molecular weight is 229 g/mol. The van der Waals surface area contributed by atoms with E-state index in [4.69, 9.17) is 0 Å². The number of halogens is 2. The summed E-state index contributed by atoms with van der Waals surface area (Å²) in [5.41, 5.74) is 0.671. The Labute approximate surface area is 77.1 Å². The molecule has 0 saturated carbocycles. The van der Waals surface area contributed by atoms with Crippen molar-refractivity contribution in [3.05, 3.63) is 28.6 Å². The lowest BCUT2D eigenvalue weighted by Crippen LogP contribution is -1.84. The summed E-state index contributed by atoms with van der Waals surface area (Å²) >= 11 is 3.20. The molecule has 0 aliphatic heterocycles. The summed E-state index contributed by atoms with van der Waals surface area (Å²) in [4.78, 5) is 0. The molecule has 0 atom stereocenters. The first-order valence-corrected chi connectivity index (χ1v) is 4.24. The Hall–Kier alpha value is -0.900. The second-order valence-corrected chi connectivity index (χ2v) is 3.54. The summed E-state index contributed by atoms with van der Waals surface area (Å²) in [5, 5.41) is 4.64. The van der Waals surface area contributed by atoms with Crippen LogP contribution in [0.1, 0.15) is 0 Å². The van der Waals surface area contributed by atoms with Crippen molar-refractivity contribution in [2.75, 3.05) is 0 Å². The number of hydrogen-bond donors (Lipinski definition) is 0. The van der Waals surface area contributed by atoms with Crippen molar-refractivity contribution in [1.29, 1.82) is 0 Å². The quantitative estimate of drug-likeness (QED) is 0.678. The fraction of sp³-hybridized carbons (Fsp3) is 0.125. The Morgan fingerprint density at radius 3 is 3.00 bits per heavy atom. The second kappa shape index (κ2) is 2.55. The molecule has 12 heavy (non-hydrogen) atoms. The molecule has 0 spiro atoms. The molecular formula is C8H6BrFN2. The van der Waals surface area contributed by atoms with Crippen LogP contribution in [0.3, 0.4) is 0 Å². The molecular weight excluding hydrogens is 223 g/mol. The van der Waals surface area contributed by atoms with Crippen LogP contribution >= 0.6 is 15.9 Å². The predicted octanol–water partition coefficient (Wildman–Crippen LogP) is 2.47. The highest BCUT2D eigenvalue weighted by molar-refractivity contribution is 9.10. The molecule has 1 aromatic heterocycles. The van der Waals surface area contributed by atoms with Gasteiger partial charge in [0.2, 0.25) is 0 Å². The van der Waals surface area contributed by atoms with Gasteiger partial charge in [0.25, 0.3) is 0 Å². The van der Waals surface area contributed by atoms with Gasteiger partial charge >= 0.3 is 0 Å². The van der Waals surface area contributed by atoms with Crippen molar-refractivity contribution in [3.63, 3.8) is 0 Å². The first-order chi connectivity index (χ1) is 5.66. The molecule has 0 aliphatic carbocycles. The van der Waals surface area contributed by atoms with Gasteiger partial charge in [-0.05, 0) is 12.1 Å². The van der Waals surface area contributed by atoms with Gasteiger partial charge in [-0.15, -0.1) is 0 Å². The van der Waals surface area contributed by atoms with E-state index in [1.54, 1.807) is 24.0 Å². The van der Waals surface area contributed by atoms with Crippen LogP contribution in [0.15, 0.2) is 22.8 Å². The van der Waals surface area contributed by atoms with Crippen molar-refractivity contribution < 1.29 is 4.39 Å². The molecule has 1 heterocycles. The van der Waals surface area contributed by atoms with E-state index in [0.717, 1.165) is 0 Å². The maximum absolute atomic E-state index is 13.2. The third kappa shape index (κ3) is 1.12. The molecule has 62 valence electrons. The van der Waals surface area contributed by atoms with E-state index in [9.17, 15) is 4.39 Å². The summed E-state index contributed by atoms with van der Waals surface area (Å²) < 4.78 is 15.5. The van der Waals surface area contributed by atoms with Gasteiger partial charge < -0.3 is 0 Å². The highest BCUT2D eigenvalue weighted by Gasteiger charge is 2.05. The number of rotatable bonds is 0. The minimum atomic E-state index is -0.243. The van der Waals surface area contributed by atoms with Gasteiger partial charge in [0.1, 0.15) is 5.82 Å². The van der Waals surface area contributed by atoms with Crippen LogP contribution < -0.4 is 0 Å². The number of nitrogens with zero attached hydrogens (tertiary/aromatic N) is 2. The molecule has 4 heteroatoms. The molecule has 0 aliphatic rings. The lowest BCUT2D eigenvalue weighted by molar-refractivity contribution is 0.639. The number of aryl methyl sites for hydroxylation is 1. The molecule has 0 fully saturated rings. The van der Waals surface area contributed by atoms with Crippen molar-refractivity contribution in [1.82, 2.24) is 9.78 Å². The van der Waals surface area contributed by atoms with Gasteiger partial charge in [-0.25, -0.2) is 4.39 Å². The number of fused-ring (bicyclic) bond motifs is 1. The zero-order valence-corrected chi connectivity index (χ0v) is 7.97. The standard InChI is InChI=1S/C8H6BrFN2/c1-12-4-6-7(10)2-5(9)3-8(6)11-12/h2-4H,1H3. The summed E-state index contributed by atoms with van der Waals surface area (Å²) in [6, 6.07) is 3.22. The first kappa shape index (κ1) is 7.73. The van der Waals surface area contributed by atoms with E-state index < -0.39 is 0 Å². The second-order valence-electron chi connectivity index (χ2n) is 2.62. The van der Waals surface area contributed by atoms with Crippen LogP contribution in [-0.4, -0.2) is 9.78 Å². The van der Waals surface area contributed by atoms with Crippen molar-refractivity contribution in [2.24, 2.45) is 7.05 Å². The van der Waals surface area contributed by atoms with Gasteiger partial charge in [-0.3, -0.25) is 4.68 Å². The summed E-state index contributed by atoms with van der Waals surface area (Å²) in [5.74, 6) is -0.243. The minimum Gasteiger partial charge on any atom is -0.274 e. The lowest BCUT2D eigenvalue weighted by atomic mass is 10.2. The number of aromatic nitrogens is 2. The summed E-state index contributed by atoms with van der Waals surface area (Å²) in [7, 11) is 1.77. The summed E-state index contributed by atoms with van der Waals surface area (Å²) in [6.07, 6.45) is 1.66. The fourth-order valence-corrected chi connectivity index (χ4v) is 1.59. The van der Waals surface area contributed by atoms with Crippen LogP contribution in [0, 0.1) is 5.82 Å². The Morgan fingerprint density at radius 2 is 2.25 bits per heavy atom. The maximum atomic E-state index is 13.2. The average Bonchev–Trinajstić information content (AvgIpc) is 2.29. The smallest absolute Gasteiger partial charge is 0.135 e. The number of hydrogen-bond acceptors (Lipinski definition) is 1. The lowest BCUT2D eigenvalue weighted by Gasteiger charge is -1.91. The molecule has 1 aromatic carbocycles. The molecule has 0 bridgehead atoms. The van der Waals surface area contributed by atoms with Gasteiger partial charge in [-0.1, -0.05) is 15.9 Å². The maximum Gasteiger partial charge on any atom is 0.135 e. The predicted molar refractivity (Wildman–Crippen MR) is 48.4 cm³/mol. The van der Waals surface area contributed by atoms with E-state index in [-0.39, 0.29) is 5.82 Å². The van der Waals surface area contributed by atoms with Crippen LogP contribution in [0.25, 0.3) is 10.9 Å². The third-order valence-corrected chi connectivity index (χ3v) is 2.11. The first-order valence-electron chi connectivity index (χ1n) is 3.45. The van der Waals surface area contributed by atoms with Crippen molar-refractivity contribution in [2.45, 2.75) is 0 Å². The van der Waals surface area contributed by atoms with Crippen LogP contribution in [0.4, 0.5) is 4.39 Å². The molecule has 0 N–H and O–H groups in total. The zero-order chi connectivity index (χ0) is 8.72. The van der Waals surface area contributed by atoms with Crippen molar-refractivity contribution in [3.8, 4) is 0 Å². The molecule has 2 aromatic rings. The molecule has 0 radical (unpaired) electrons. The van der Waals surface area contributed by atoms with E-state index in [1.807, 2.05) is 0 Å². The van der Waals surface area contributed by atoms with E-state index in [1.165, 1.54) is 6.07 Å². The van der Waals surface area contributed by atoms with Gasteiger partial charge in [0.05, 0.1) is 10.9 Å². The SMILES string of the molecule is Cn1cc2c(F)cc(Br)cc2n1. The Kier molecular flexibility index (Phi) is 1.65. The zero-order valence-electron chi connectivity index (χ0n) is 6.38. The Balaban J connectivity index is 2.88. The van der Waals surface area contributed by atoms with Crippen molar-refractivity contribution >= 4 is 26.8 Å². The van der Waals surface area contributed by atoms with Gasteiger partial charge in [-0.2, -0.15) is 5.10 Å². The van der Waals surface area contributed by atoms with E-state index in [0.29, 0.717) is 15.4 Å². The van der Waals surface area contributed by atoms with Crippen LogP contribution in [-0.2, 0) is 7.05 Å². The normalized spacial score (nSPS) is 10.9. The Morgan fingerprint density at radius 1 is 1.50 bits per heavy atom. The molecule has 2 nitrogen and oxygen atoms in total. The Bertz CT molecular complexity index is 436. The highest BCUT2D eigenvalue weighted by atomic mass is 79.9. The summed E-state index contributed by atoms with van der Waals surface area (Å²) in [6.45, 7) is 0. The highest BCUT2D eigenvalue weighted by Crippen LogP contribution is 2.21. The molecule has 2 rings (SSSR count). The van der Waals surface area contributed by atoms with E-state index in [2.05, 4.69) is 21.0 Å². The van der Waals surface area contributed by atoms with Crippen LogP contribution in [0.5, 0.6) is 0 Å². The molecule has 0 saturated heterocycles. The van der Waals surface area contributed by atoms with Gasteiger partial charge in [0, 0.05) is 17.7 Å². The fourth-order valence-electron chi connectivity index (χ4n) is 1.17. The topological polar surface area (TPSA) is 17.8 Å². The third-order valence-electron chi connectivity index (χ3n) is 1.65. The van der Waals surface area contributed by atoms with Gasteiger partial charge in [0.15, 0.2) is 0 Å². The van der Waals surface area contributed by atoms with E-state index >= 15 is 0 Å². The monoisotopic (exact) mass is 228 g/mol. The minimum absolute atomic E-state index is 0.243. The molecule has 0 amide bonds. The largest absolute Gasteiger partial charge is 0.274 e.